The predicted molar refractivity (Wildman–Crippen MR) is 107 cm³/mol. The molecule has 1 aromatic heterocycles. The molecule has 1 heterocycles. The first-order valence-corrected chi connectivity index (χ1v) is 8.98. The lowest BCUT2D eigenvalue weighted by atomic mass is 10.0. The van der Waals surface area contributed by atoms with Crippen LogP contribution >= 0.6 is 11.3 Å². The van der Waals surface area contributed by atoms with Gasteiger partial charge in [0, 0.05) is 16.3 Å². The molecule has 0 saturated carbocycles. The van der Waals surface area contributed by atoms with Crippen LogP contribution < -0.4 is 24.7 Å². The van der Waals surface area contributed by atoms with E-state index in [2.05, 4.69) is 0 Å². The summed E-state index contributed by atoms with van der Waals surface area (Å²) in [6, 6.07) is 7.01. The van der Waals surface area contributed by atoms with Gasteiger partial charge < -0.3 is 24.7 Å². The van der Waals surface area contributed by atoms with E-state index in [-0.39, 0.29) is 5.78 Å². The summed E-state index contributed by atoms with van der Waals surface area (Å²) in [6.07, 6.45) is 0. The maximum absolute atomic E-state index is 13.2. The molecule has 3 aromatic rings. The van der Waals surface area contributed by atoms with Gasteiger partial charge in [-0.25, -0.2) is 0 Å². The van der Waals surface area contributed by atoms with Crippen molar-refractivity contribution in [2.24, 2.45) is 0 Å². The summed E-state index contributed by atoms with van der Waals surface area (Å²) in [4.78, 5) is 13.8. The second kappa shape index (κ2) is 7.36. The zero-order valence-corrected chi connectivity index (χ0v) is 16.7. The number of benzene rings is 2. The third-order valence-corrected chi connectivity index (χ3v) is 5.68. The first-order valence-electron chi connectivity index (χ1n) is 8.16. The Balaban J connectivity index is 2.15. The number of ketones is 1. The summed E-state index contributed by atoms with van der Waals surface area (Å²) in [5, 5.41) is 0.939. The van der Waals surface area contributed by atoms with E-state index in [4.69, 9.17) is 24.7 Å². The Morgan fingerprint density at radius 2 is 1.48 bits per heavy atom. The summed E-state index contributed by atoms with van der Waals surface area (Å²) in [5.41, 5.74) is 7.89. The fourth-order valence-electron chi connectivity index (χ4n) is 3.00. The first kappa shape index (κ1) is 18.8. The van der Waals surface area contributed by atoms with Gasteiger partial charge in [-0.15, -0.1) is 11.3 Å². The van der Waals surface area contributed by atoms with Crippen LogP contribution in [0.3, 0.4) is 0 Å². The van der Waals surface area contributed by atoms with Crippen LogP contribution in [0.5, 0.6) is 23.0 Å². The van der Waals surface area contributed by atoms with E-state index in [1.807, 2.05) is 19.1 Å². The number of methoxy groups -OCH3 is 4. The van der Waals surface area contributed by atoms with E-state index < -0.39 is 0 Å². The highest BCUT2D eigenvalue weighted by atomic mass is 32.1. The van der Waals surface area contributed by atoms with Crippen LogP contribution in [-0.4, -0.2) is 34.2 Å². The van der Waals surface area contributed by atoms with E-state index in [1.165, 1.54) is 32.7 Å². The number of anilines is 1. The molecule has 0 aliphatic heterocycles. The van der Waals surface area contributed by atoms with E-state index in [0.717, 1.165) is 15.6 Å². The van der Waals surface area contributed by atoms with Gasteiger partial charge >= 0.3 is 0 Å². The number of carbonyl (C=O) groups excluding carboxylic acids is 1. The lowest BCUT2D eigenvalue weighted by Crippen LogP contribution is -2.03. The fourth-order valence-corrected chi connectivity index (χ4v) is 4.18. The highest BCUT2D eigenvalue weighted by molar-refractivity contribution is 7.21. The molecule has 7 heteroatoms. The van der Waals surface area contributed by atoms with E-state index in [0.29, 0.717) is 39.1 Å². The molecule has 6 nitrogen and oxygen atoms in total. The molecule has 0 fully saturated rings. The molecule has 0 aliphatic rings. The van der Waals surface area contributed by atoms with Crippen molar-refractivity contribution in [1.82, 2.24) is 0 Å². The number of carbonyl (C=O) groups is 1. The van der Waals surface area contributed by atoms with Crippen LogP contribution in [0.15, 0.2) is 24.3 Å². The van der Waals surface area contributed by atoms with Crippen molar-refractivity contribution in [3.8, 4) is 23.0 Å². The normalized spacial score (nSPS) is 10.7. The largest absolute Gasteiger partial charge is 0.495 e. The van der Waals surface area contributed by atoms with Gasteiger partial charge in [-0.05, 0) is 36.1 Å². The van der Waals surface area contributed by atoms with Crippen LogP contribution in [0, 0.1) is 6.92 Å². The lowest BCUT2D eigenvalue weighted by molar-refractivity contribution is 0.104. The summed E-state index contributed by atoms with van der Waals surface area (Å²) in [5.74, 6) is 1.79. The number of fused-ring (bicyclic) bond motifs is 1. The number of ether oxygens (including phenoxy) is 4. The molecule has 2 N–H and O–H groups in total. The molecule has 0 spiro atoms. The Morgan fingerprint density at radius 3 is 2.00 bits per heavy atom. The Kier molecular flexibility index (Phi) is 5.14. The number of hydrogen-bond donors (Lipinski definition) is 1. The maximum atomic E-state index is 13.2. The SMILES string of the molecule is COc1cc2sc(C(=O)c3cc(OC)c(OC)c(OC)c3)c(C)c2cc1N. The number of nitrogen functional groups attached to an aromatic ring is 1. The maximum Gasteiger partial charge on any atom is 0.203 e. The van der Waals surface area contributed by atoms with Gasteiger partial charge in [-0.3, -0.25) is 4.79 Å². The molecular formula is C20H21NO5S. The second-order valence-corrected chi connectivity index (χ2v) is 6.94. The number of hydrogen-bond acceptors (Lipinski definition) is 7. The van der Waals surface area contributed by atoms with Crippen molar-refractivity contribution in [1.29, 1.82) is 0 Å². The molecule has 0 unspecified atom stereocenters. The summed E-state index contributed by atoms with van der Waals surface area (Å²) in [6.45, 7) is 1.91. The average molecular weight is 387 g/mol. The third kappa shape index (κ3) is 3.14. The fraction of sp³-hybridized carbons (Fsp3) is 0.250. The highest BCUT2D eigenvalue weighted by Crippen LogP contribution is 2.41. The van der Waals surface area contributed by atoms with Gasteiger partial charge in [-0.1, -0.05) is 0 Å². The Labute approximate surface area is 161 Å². The van der Waals surface area contributed by atoms with Crippen LogP contribution in [0.1, 0.15) is 20.8 Å². The van der Waals surface area contributed by atoms with Crippen molar-refractivity contribution in [2.45, 2.75) is 6.92 Å². The topological polar surface area (TPSA) is 80.0 Å². The first-order chi connectivity index (χ1) is 12.9. The molecule has 3 rings (SSSR count). The van der Waals surface area contributed by atoms with E-state index in [1.54, 1.807) is 19.2 Å². The van der Waals surface area contributed by atoms with Gasteiger partial charge in [-0.2, -0.15) is 0 Å². The van der Waals surface area contributed by atoms with Gasteiger partial charge in [0.1, 0.15) is 5.75 Å². The second-order valence-electron chi connectivity index (χ2n) is 5.89. The van der Waals surface area contributed by atoms with Crippen molar-refractivity contribution in [2.75, 3.05) is 34.2 Å². The third-order valence-electron chi connectivity index (χ3n) is 4.42. The minimum absolute atomic E-state index is 0.120. The molecule has 0 amide bonds. The monoisotopic (exact) mass is 387 g/mol. The molecule has 0 atom stereocenters. The zero-order chi connectivity index (χ0) is 19.7. The number of rotatable bonds is 6. The average Bonchev–Trinajstić information content (AvgIpc) is 3.01. The summed E-state index contributed by atoms with van der Waals surface area (Å²) >= 11 is 1.40. The quantitative estimate of drug-likeness (QED) is 0.508. The van der Waals surface area contributed by atoms with Gasteiger partial charge in [0.25, 0.3) is 0 Å². The zero-order valence-electron chi connectivity index (χ0n) is 15.8. The predicted octanol–water partition coefficient (Wildman–Crippen LogP) is 4.06. The molecule has 0 saturated heterocycles. The summed E-state index contributed by atoms with van der Waals surface area (Å²) in [7, 11) is 6.13. The number of nitrogens with two attached hydrogens (primary N) is 1. The Bertz CT molecular complexity index is 1000. The minimum Gasteiger partial charge on any atom is -0.495 e. The summed E-state index contributed by atoms with van der Waals surface area (Å²) < 4.78 is 22.3. The van der Waals surface area contributed by atoms with Crippen molar-refractivity contribution in [3.63, 3.8) is 0 Å². The Hall–Kier alpha value is -2.93. The van der Waals surface area contributed by atoms with Crippen LogP contribution in [-0.2, 0) is 0 Å². The van der Waals surface area contributed by atoms with E-state index >= 15 is 0 Å². The van der Waals surface area contributed by atoms with Gasteiger partial charge in [0.2, 0.25) is 11.5 Å². The standard InChI is InChI=1S/C20H21NO5S/c1-10-12-8-13(21)14(23-2)9-17(12)27-20(10)18(22)11-6-15(24-3)19(26-5)16(7-11)25-4/h6-9H,21H2,1-5H3. The van der Waals surface area contributed by atoms with Crippen LogP contribution in [0.4, 0.5) is 5.69 Å². The van der Waals surface area contributed by atoms with E-state index in [9.17, 15) is 4.79 Å². The molecular weight excluding hydrogens is 366 g/mol. The van der Waals surface area contributed by atoms with Gasteiger partial charge in [0.15, 0.2) is 11.5 Å². The van der Waals surface area contributed by atoms with Crippen molar-refractivity contribution >= 4 is 32.9 Å². The van der Waals surface area contributed by atoms with Gasteiger partial charge in [0.05, 0.1) is 39.0 Å². The molecule has 2 aromatic carbocycles. The minimum atomic E-state index is -0.120. The molecule has 27 heavy (non-hydrogen) atoms. The Morgan fingerprint density at radius 1 is 0.889 bits per heavy atom. The van der Waals surface area contributed by atoms with Crippen LogP contribution in [0.25, 0.3) is 10.1 Å². The number of aryl methyl sites for hydroxylation is 1. The lowest BCUT2D eigenvalue weighted by Gasteiger charge is -2.13. The molecule has 0 aliphatic carbocycles. The van der Waals surface area contributed by atoms with Crippen molar-refractivity contribution in [3.05, 3.63) is 40.3 Å². The molecule has 142 valence electrons. The van der Waals surface area contributed by atoms with Crippen molar-refractivity contribution < 1.29 is 23.7 Å². The molecule has 0 bridgehead atoms. The van der Waals surface area contributed by atoms with Crippen LogP contribution in [0.2, 0.25) is 0 Å². The molecule has 0 radical (unpaired) electrons. The smallest absolute Gasteiger partial charge is 0.203 e. The number of thiophene rings is 1. The highest BCUT2D eigenvalue weighted by Gasteiger charge is 2.22.